The summed E-state index contributed by atoms with van der Waals surface area (Å²) in [7, 11) is 0. The summed E-state index contributed by atoms with van der Waals surface area (Å²) in [6, 6.07) is 14.3. The van der Waals surface area contributed by atoms with Crippen molar-refractivity contribution in [3.8, 4) is 11.3 Å². The van der Waals surface area contributed by atoms with Gasteiger partial charge in [-0.15, -0.1) is 0 Å². The van der Waals surface area contributed by atoms with Crippen molar-refractivity contribution in [3.05, 3.63) is 70.0 Å². The second-order valence-electron chi connectivity index (χ2n) is 4.49. The molecule has 1 aromatic carbocycles. The SMILES string of the molecule is O=C(Nc1ccc(Cl)cn1)c1ccc(-c2ccc(Br)cc2)o1. The molecule has 0 aliphatic heterocycles. The largest absolute Gasteiger partial charge is 0.451 e. The molecule has 0 aliphatic carbocycles. The van der Waals surface area contributed by atoms with Gasteiger partial charge in [0.25, 0.3) is 5.91 Å². The molecule has 4 nitrogen and oxygen atoms in total. The van der Waals surface area contributed by atoms with E-state index in [1.165, 1.54) is 6.20 Å². The lowest BCUT2D eigenvalue weighted by Gasteiger charge is -2.02. The zero-order chi connectivity index (χ0) is 15.5. The Morgan fingerprint density at radius 2 is 1.86 bits per heavy atom. The number of carbonyl (C=O) groups is 1. The van der Waals surface area contributed by atoms with Gasteiger partial charge in [-0.05, 0) is 36.4 Å². The second-order valence-corrected chi connectivity index (χ2v) is 5.84. The van der Waals surface area contributed by atoms with Crippen LogP contribution >= 0.6 is 27.5 Å². The Kier molecular flexibility index (Phi) is 4.27. The van der Waals surface area contributed by atoms with E-state index in [0.717, 1.165) is 10.0 Å². The minimum absolute atomic E-state index is 0.217. The molecule has 0 saturated carbocycles. The molecule has 0 spiro atoms. The summed E-state index contributed by atoms with van der Waals surface area (Å²) in [4.78, 5) is 16.1. The number of anilines is 1. The highest BCUT2D eigenvalue weighted by Crippen LogP contribution is 2.24. The van der Waals surface area contributed by atoms with Gasteiger partial charge in [0.2, 0.25) is 0 Å². The molecule has 3 rings (SSSR count). The average Bonchev–Trinajstić information content (AvgIpc) is 3.00. The number of carbonyl (C=O) groups excluding carboxylic acids is 1. The van der Waals surface area contributed by atoms with Gasteiger partial charge in [0, 0.05) is 16.2 Å². The number of nitrogens with zero attached hydrogens (tertiary/aromatic N) is 1. The molecular formula is C16H10BrClN2O2. The van der Waals surface area contributed by atoms with Crippen molar-refractivity contribution in [2.24, 2.45) is 0 Å². The number of benzene rings is 1. The third-order valence-corrected chi connectivity index (χ3v) is 3.68. The van der Waals surface area contributed by atoms with Gasteiger partial charge in [-0.1, -0.05) is 39.7 Å². The number of amides is 1. The van der Waals surface area contributed by atoms with Crippen molar-refractivity contribution in [2.45, 2.75) is 0 Å². The first-order valence-corrected chi connectivity index (χ1v) is 7.57. The first-order valence-electron chi connectivity index (χ1n) is 6.40. The van der Waals surface area contributed by atoms with Crippen LogP contribution in [-0.2, 0) is 0 Å². The highest BCUT2D eigenvalue weighted by molar-refractivity contribution is 9.10. The lowest BCUT2D eigenvalue weighted by atomic mass is 10.2. The number of furan rings is 1. The maximum absolute atomic E-state index is 12.1. The molecule has 0 unspecified atom stereocenters. The van der Waals surface area contributed by atoms with Crippen LogP contribution in [0.1, 0.15) is 10.6 Å². The number of aromatic nitrogens is 1. The molecule has 0 aliphatic rings. The van der Waals surface area contributed by atoms with E-state index < -0.39 is 0 Å². The molecule has 1 amide bonds. The molecule has 0 atom stereocenters. The fourth-order valence-corrected chi connectivity index (χ4v) is 2.23. The standard InChI is InChI=1S/C16H10BrClN2O2/c17-11-3-1-10(2-4-11)13-6-7-14(22-13)16(21)20-15-8-5-12(18)9-19-15/h1-9H,(H,19,20,21). The third-order valence-electron chi connectivity index (χ3n) is 2.93. The van der Waals surface area contributed by atoms with Crippen molar-refractivity contribution < 1.29 is 9.21 Å². The Labute approximate surface area is 140 Å². The van der Waals surface area contributed by atoms with E-state index in [2.05, 4.69) is 26.2 Å². The van der Waals surface area contributed by atoms with Crippen LogP contribution in [0.4, 0.5) is 5.82 Å². The van der Waals surface area contributed by atoms with Crippen LogP contribution in [0.25, 0.3) is 11.3 Å². The maximum Gasteiger partial charge on any atom is 0.292 e. The normalized spacial score (nSPS) is 10.5. The Hall–Kier alpha value is -2.11. The second kappa shape index (κ2) is 6.34. The molecule has 6 heteroatoms. The summed E-state index contributed by atoms with van der Waals surface area (Å²) in [5.74, 6) is 0.894. The minimum Gasteiger partial charge on any atom is -0.451 e. The van der Waals surface area contributed by atoms with Crippen molar-refractivity contribution >= 4 is 39.3 Å². The predicted molar refractivity (Wildman–Crippen MR) is 89.0 cm³/mol. The van der Waals surface area contributed by atoms with Gasteiger partial charge in [-0.3, -0.25) is 4.79 Å². The smallest absolute Gasteiger partial charge is 0.292 e. The van der Waals surface area contributed by atoms with Crippen LogP contribution in [0.2, 0.25) is 5.02 Å². The Morgan fingerprint density at radius 3 is 2.55 bits per heavy atom. The zero-order valence-electron chi connectivity index (χ0n) is 11.2. The lowest BCUT2D eigenvalue weighted by molar-refractivity contribution is 0.0997. The van der Waals surface area contributed by atoms with E-state index in [0.29, 0.717) is 16.6 Å². The van der Waals surface area contributed by atoms with Gasteiger partial charge in [0.15, 0.2) is 5.76 Å². The van der Waals surface area contributed by atoms with Crippen LogP contribution < -0.4 is 5.32 Å². The number of hydrogen-bond acceptors (Lipinski definition) is 3. The topological polar surface area (TPSA) is 55.1 Å². The molecular weight excluding hydrogens is 368 g/mol. The minimum atomic E-state index is -0.363. The summed E-state index contributed by atoms with van der Waals surface area (Å²) >= 11 is 9.13. The summed E-state index contributed by atoms with van der Waals surface area (Å²) in [6.45, 7) is 0. The first kappa shape index (κ1) is 14.8. The number of hydrogen-bond donors (Lipinski definition) is 1. The van der Waals surface area contributed by atoms with Crippen LogP contribution in [0, 0.1) is 0 Å². The fraction of sp³-hybridized carbons (Fsp3) is 0. The molecule has 0 bridgehead atoms. The van der Waals surface area contributed by atoms with Crippen LogP contribution in [0.5, 0.6) is 0 Å². The van der Waals surface area contributed by atoms with Gasteiger partial charge >= 0.3 is 0 Å². The fourth-order valence-electron chi connectivity index (χ4n) is 1.86. The highest BCUT2D eigenvalue weighted by atomic mass is 79.9. The molecule has 2 heterocycles. The Morgan fingerprint density at radius 1 is 1.09 bits per heavy atom. The summed E-state index contributed by atoms with van der Waals surface area (Å²) in [6.07, 6.45) is 1.46. The van der Waals surface area contributed by atoms with Crippen molar-refractivity contribution in [3.63, 3.8) is 0 Å². The Balaban J connectivity index is 1.76. The van der Waals surface area contributed by atoms with E-state index in [9.17, 15) is 4.79 Å². The number of halogens is 2. The van der Waals surface area contributed by atoms with Crippen LogP contribution in [0.3, 0.4) is 0 Å². The van der Waals surface area contributed by atoms with E-state index in [1.54, 1.807) is 24.3 Å². The monoisotopic (exact) mass is 376 g/mol. The zero-order valence-corrected chi connectivity index (χ0v) is 13.6. The summed E-state index contributed by atoms with van der Waals surface area (Å²) in [5, 5.41) is 3.16. The average molecular weight is 378 g/mol. The quantitative estimate of drug-likeness (QED) is 0.698. The van der Waals surface area contributed by atoms with Gasteiger partial charge in [-0.2, -0.15) is 0 Å². The number of rotatable bonds is 3. The maximum atomic E-state index is 12.1. The molecule has 0 radical (unpaired) electrons. The molecule has 3 aromatic rings. The highest BCUT2D eigenvalue weighted by Gasteiger charge is 2.13. The van der Waals surface area contributed by atoms with Crippen LogP contribution in [-0.4, -0.2) is 10.9 Å². The molecule has 22 heavy (non-hydrogen) atoms. The summed E-state index contributed by atoms with van der Waals surface area (Å²) < 4.78 is 6.57. The predicted octanol–water partition coefficient (Wildman–Crippen LogP) is 5.01. The van der Waals surface area contributed by atoms with Gasteiger partial charge in [-0.25, -0.2) is 4.98 Å². The number of pyridine rings is 1. The summed E-state index contributed by atoms with van der Waals surface area (Å²) in [5.41, 5.74) is 0.895. The van der Waals surface area contributed by atoms with Crippen molar-refractivity contribution in [1.29, 1.82) is 0 Å². The number of nitrogens with one attached hydrogen (secondary N) is 1. The van der Waals surface area contributed by atoms with E-state index in [1.807, 2.05) is 24.3 Å². The molecule has 110 valence electrons. The van der Waals surface area contributed by atoms with E-state index in [4.69, 9.17) is 16.0 Å². The molecule has 2 aromatic heterocycles. The van der Waals surface area contributed by atoms with E-state index >= 15 is 0 Å². The molecule has 1 N–H and O–H groups in total. The van der Waals surface area contributed by atoms with Gasteiger partial charge < -0.3 is 9.73 Å². The van der Waals surface area contributed by atoms with Gasteiger partial charge in [0.1, 0.15) is 11.6 Å². The molecule has 0 saturated heterocycles. The van der Waals surface area contributed by atoms with Crippen molar-refractivity contribution in [2.75, 3.05) is 5.32 Å². The molecule has 0 fully saturated rings. The van der Waals surface area contributed by atoms with E-state index in [-0.39, 0.29) is 11.7 Å². The Bertz CT molecular complexity index is 798. The first-order chi connectivity index (χ1) is 10.6. The van der Waals surface area contributed by atoms with Crippen LogP contribution in [0.15, 0.2) is 63.6 Å². The third kappa shape index (κ3) is 3.37. The lowest BCUT2D eigenvalue weighted by Crippen LogP contribution is -2.11. The van der Waals surface area contributed by atoms with Crippen molar-refractivity contribution in [1.82, 2.24) is 4.98 Å². The van der Waals surface area contributed by atoms with Gasteiger partial charge in [0.05, 0.1) is 5.02 Å².